The number of nitrogens with zero attached hydrogens (tertiary/aromatic N) is 2. The summed E-state index contributed by atoms with van der Waals surface area (Å²) in [6, 6.07) is 35.1. The van der Waals surface area contributed by atoms with Gasteiger partial charge >= 0.3 is 20.4 Å². The Morgan fingerprint density at radius 2 is 1.14 bits per heavy atom. The number of anilines is 3. The molecule has 2 fully saturated rings. The summed E-state index contributed by atoms with van der Waals surface area (Å²) in [6.45, 7) is 0. The largest absolute Gasteiger partial charge is 2.00 e. The van der Waals surface area contributed by atoms with Gasteiger partial charge in [-0.2, -0.15) is 0 Å². The summed E-state index contributed by atoms with van der Waals surface area (Å²) in [6.07, 6.45) is 15.1. The van der Waals surface area contributed by atoms with Crippen molar-refractivity contribution in [3.63, 3.8) is 0 Å². The van der Waals surface area contributed by atoms with E-state index in [9.17, 15) is 0 Å². The van der Waals surface area contributed by atoms with Crippen LogP contribution < -0.4 is 20.8 Å². The Balaban J connectivity index is 0.000000293. The predicted molar refractivity (Wildman–Crippen MR) is 212 cm³/mol. The third-order valence-corrected chi connectivity index (χ3v) is 12.9. The Kier molecular flexibility index (Phi) is 17.0. The van der Waals surface area contributed by atoms with Gasteiger partial charge in [0.25, 0.3) is 0 Å². The van der Waals surface area contributed by atoms with Crippen molar-refractivity contribution in [3.05, 3.63) is 97.1 Å². The number of nitrogen functional groups attached to an aromatic ring is 1. The summed E-state index contributed by atoms with van der Waals surface area (Å²) in [7, 11) is 4.69. The van der Waals surface area contributed by atoms with E-state index in [1.54, 1.807) is 5.30 Å². The molecule has 6 rings (SSSR count). The molecule has 2 aliphatic carbocycles. The maximum Gasteiger partial charge on any atom is 2.00 e. The van der Waals surface area contributed by atoms with E-state index < -0.39 is 10.1 Å². The van der Waals surface area contributed by atoms with Gasteiger partial charge in [-0.05, 0) is 71.8 Å². The fourth-order valence-corrected chi connectivity index (χ4v) is 11.1. The first kappa shape index (κ1) is 41.7. The van der Waals surface area contributed by atoms with Crippen LogP contribution in [0.4, 0.5) is 17.1 Å². The molecular weight excluding hydrogens is 752 g/mol. The summed E-state index contributed by atoms with van der Waals surface area (Å²) in [5.41, 5.74) is 16.1. The van der Waals surface area contributed by atoms with Crippen LogP contribution >= 0.6 is 7.92 Å². The smallest absolute Gasteiger partial charge is 0.748 e. The van der Waals surface area contributed by atoms with E-state index in [0.29, 0.717) is 6.26 Å². The van der Waals surface area contributed by atoms with E-state index in [4.69, 9.17) is 18.7 Å². The van der Waals surface area contributed by atoms with Crippen LogP contribution in [0.5, 0.6) is 0 Å². The molecule has 2 aliphatic rings. The molecule has 50 heavy (non-hydrogen) atoms. The SMILES string of the molecule is CN(C)c1cccc(N(C)C)c1-c1ccccc1P(C1CCCCC1)C1CCCCC1.CS(=O)(=O)[O-].Nc1ccccc1-c1[c-]cccc1.[Pd+2]. The minimum Gasteiger partial charge on any atom is -0.748 e. The molecule has 0 atom stereocenters. The molecule has 4 aromatic rings. The second-order valence-electron chi connectivity index (χ2n) is 13.5. The molecule has 0 saturated heterocycles. The zero-order chi connectivity index (χ0) is 35.4. The van der Waals surface area contributed by atoms with Crippen molar-refractivity contribution in [1.29, 1.82) is 0 Å². The number of hydrogen-bond acceptors (Lipinski definition) is 6. The summed E-state index contributed by atoms with van der Waals surface area (Å²) < 4.78 is 27.2. The van der Waals surface area contributed by atoms with Crippen molar-refractivity contribution in [2.75, 3.05) is 50.0 Å². The Morgan fingerprint density at radius 1 is 0.680 bits per heavy atom. The first-order valence-corrected chi connectivity index (χ1v) is 20.8. The number of hydrogen-bond donors (Lipinski definition) is 1. The molecule has 0 unspecified atom stereocenters. The third-order valence-electron chi connectivity index (χ3n) is 9.33. The Labute approximate surface area is 317 Å². The molecule has 6 nitrogen and oxygen atoms in total. The first-order chi connectivity index (χ1) is 23.5. The molecule has 0 aromatic heterocycles. The van der Waals surface area contributed by atoms with Crippen LogP contribution in [0.2, 0.25) is 0 Å². The van der Waals surface area contributed by atoms with Gasteiger partial charge in [-0.3, -0.25) is 0 Å². The molecule has 272 valence electrons. The van der Waals surface area contributed by atoms with Gasteiger partial charge in [-0.15, -0.1) is 35.9 Å². The Hall–Kier alpha value is -2.72. The second kappa shape index (κ2) is 20.4. The Morgan fingerprint density at radius 3 is 1.60 bits per heavy atom. The first-order valence-electron chi connectivity index (χ1n) is 17.5. The van der Waals surface area contributed by atoms with E-state index in [2.05, 4.69) is 86.5 Å². The number of rotatable bonds is 7. The van der Waals surface area contributed by atoms with Crippen LogP contribution in [-0.4, -0.2) is 58.7 Å². The van der Waals surface area contributed by atoms with Gasteiger partial charge < -0.3 is 20.1 Å². The average Bonchev–Trinajstić information content (AvgIpc) is 3.09. The minimum absolute atomic E-state index is 0. The molecule has 0 radical (unpaired) electrons. The van der Waals surface area contributed by atoms with Crippen molar-refractivity contribution in [1.82, 2.24) is 0 Å². The second-order valence-corrected chi connectivity index (χ2v) is 17.7. The van der Waals surface area contributed by atoms with Gasteiger partial charge in [0.1, 0.15) is 0 Å². The van der Waals surface area contributed by atoms with E-state index in [0.717, 1.165) is 28.1 Å². The van der Waals surface area contributed by atoms with Crippen molar-refractivity contribution in [2.45, 2.75) is 75.5 Å². The van der Waals surface area contributed by atoms with Gasteiger partial charge in [-0.25, -0.2) is 8.42 Å². The van der Waals surface area contributed by atoms with Gasteiger partial charge in [0.15, 0.2) is 0 Å². The van der Waals surface area contributed by atoms with Crippen LogP contribution in [0.1, 0.15) is 64.2 Å². The normalized spacial score (nSPS) is 15.1. The topological polar surface area (TPSA) is 89.7 Å². The molecule has 0 bridgehead atoms. The maximum absolute atomic E-state index is 9.08. The molecule has 9 heteroatoms. The molecule has 0 spiro atoms. The molecular formula is C41H54N3O3PPdS. The molecule has 2 N–H and O–H groups in total. The van der Waals surface area contributed by atoms with Crippen LogP contribution in [0.15, 0.2) is 91.0 Å². The van der Waals surface area contributed by atoms with Crippen molar-refractivity contribution in [2.24, 2.45) is 0 Å². The van der Waals surface area contributed by atoms with Crippen molar-refractivity contribution in [3.8, 4) is 22.3 Å². The number of para-hydroxylation sites is 1. The molecule has 2 saturated carbocycles. The standard InChI is InChI=1S/C28H41N2P.C12H10N.CH4O3S.Pd/c1-29(2)25-19-13-20-26(30(3)4)28(25)24-18-11-12-21-27(24)31(22-14-7-5-8-15-22)23-16-9-6-10-17-23;13-12-9-5-4-8-11(12)10-6-2-1-3-7-10;1-5(2,3)4;/h11-13,18-23H,5-10,14-17H2,1-4H3;1-6,8-9H,13H2;1H3,(H,2,3,4);/q;-1;;+2/p-1. The van der Waals surface area contributed by atoms with Crippen molar-refractivity contribution >= 4 is 40.4 Å². The molecule has 0 heterocycles. The van der Waals surface area contributed by atoms with E-state index >= 15 is 0 Å². The fraction of sp³-hybridized carbons (Fsp3) is 0.415. The van der Waals surface area contributed by atoms with Gasteiger partial charge in [-0.1, -0.05) is 101 Å². The number of nitrogens with two attached hydrogens (primary N) is 1. The Bertz CT molecular complexity index is 1660. The van der Waals surface area contributed by atoms with E-state index in [1.807, 2.05) is 48.5 Å². The quantitative estimate of drug-likeness (QED) is 0.0659. The fourth-order valence-electron chi connectivity index (χ4n) is 7.17. The van der Waals surface area contributed by atoms with Crippen LogP contribution in [0.3, 0.4) is 0 Å². The van der Waals surface area contributed by atoms with Gasteiger partial charge in [0.2, 0.25) is 0 Å². The number of benzene rings is 4. The van der Waals surface area contributed by atoms with Crippen molar-refractivity contribution < 1.29 is 33.4 Å². The summed E-state index contributed by atoms with van der Waals surface area (Å²) in [5, 5.41) is 1.69. The molecule has 0 aliphatic heterocycles. The van der Waals surface area contributed by atoms with Crippen LogP contribution in [0.25, 0.3) is 22.3 Å². The molecule has 4 aromatic carbocycles. The van der Waals surface area contributed by atoms with Crippen LogP contribution in [0, 0.1) is 6.07 Å². The molecule has 0 amide bonds. The van der Waals surface area contributed by atoms with E-state index in [-0.39, 0.29) is 28.3 Å². The average molecular weight is 806 g/mol. The zero-order valence-electron chi connectivity index (χ0n) is 30.3. The van der Waals surface area contributed by atoms with E-state index in [1.165, 1.54) is 86.7 Å². The zero-order valence-corrected chi connectivity index (χ0v) is 33.5. The third kappa shape index (κ3) is 12.2. The maximum atomic E-state index is 9.08. The summed E-state index contributed by atoms with van der Waals surface area (Å²) in [5.74, 6) is 0. The predicted octanol–water partition coefficient (Wildman–Crippen LogP) is 9.15. The minimum atomic E-state index is -3.92. The summed E-state index contributed by atoms with van der Waals surface area (Å²) in [4.78, 5) is 4.59. The van der Waals surface area contributed by atoms with Gasteiger partial charge in [0, 0.05) is 51.4 Å². The monoisotopic (exact) mass is 805 g/mol. The van der Waals surface area contributed by atoms with Crippen LogP contribution in [-0.2, 0) is 30.5 Å². The van der Waals surface area contributed by atoms with Gasteiger partial charge in [0.05, 0.1) is 10.1 Å². The summed E-state index contributed by atoms with van der Waals surface area (Å²) >= 11 is 0.